The van der Waals surface area contributed by atoms with E-state index in [4.69, 9.17) is 9.84 Å². The van der Waals surface area contributed by atoms with Gasteiger partial charge in [0.25, 0.3) is 0 Å². The third-order valence-electron chi connectivity index (χ3n) is 3.48. The number of carboxylic acids is 1. The number of nitrogens with one attached hydrogen (secondary N) is 1. The molecule has 0 aliphatic heterocycles. The first-order chi connectivity index (χ1) is 11.4. The molecule has 0 aromatic heterocycles. The van der Waals surface area contributed by atoms with Gasteiger partial charge in [-0.15, -0.1) is 0 Å². The number of carboxylic acid groups (broad SMARTS) is 1. The molecule has 1 amide bonds. The molecule has 24 heavy (non-hydrogen) atoms. The fourth-order valence-electron chi connectivity index (χ4n) is 2.21. The van der Waals surface area contributed by atoms with E-state index in [9.17, 15) is 9.59 Å². The molecular weight excluding hydrogens is 306 g/mol. The Morgan fingerprint density at radius 1 is 1.17 bits per heavy atom. The maximum absolute atomic E-state index is 12.0. The van der Waals surface area contributed by atoms with Crippen LogP contribution in [-0.2, 0) is 11.2 Å². The summed E-state index contributed by atoms with van der Waals surface area (Å²) in [5, 5.41) is 11.8. The van der Waals surface area contributed by atoms with Crippen LogP contribution < -0.4 is 10.1 Å². The molecule has 0 aliphatic carbocycles. The normalized spacial score (nSPS) is 11.6. The summed E-state index contributed by atoms with van der Waals surface area (Å²) >= 11 is 0. The molecule has 5 heteroatoms. The number of benzene rings is 2. The van der Waals surface area contributed by atoms with Crippen LogP contribution in [0, 0.1) is 6.92 Å². The quantitative estimate of drug-likeness (QED) is 0.820. The second-order valence-electron chi connectivity index (χ2n) is 5.73. The number of aryl methyl sites for hydroxylation is 1. The molecule has 1 unspecified atom stereocenters. The molecule has 0 bridgehead atoms. The van der Waals surface area contributed by atoms with E-state index >= 15 is 0 Å². The maximum Gasteiger partial charge on any atom is 0.335 e. The highest BCUT2D eigenvalue weighted by molar-refractivity contribution is 5.88. The Balaban J connectivity index is 1.81. The molecule has 5 nitrogen and oxygen atoms in total. The van der Waals surface area contributed by atoms with E-state index in [1.165, 1.54) is 12.1 Å². The lowest BCUT2D eigenvalue weighted by Crippen LogP contribution is -2.34. The van der Waals surface area contributed by atoms with Crippen LogP contribution in [-0.4, -0.2) is 29.6 Å². The molecule has 0 heterocycles. The van der Waals surface area contributed by atoms with Crippen molar-refractivity contribution >= 4 is 11.9 Å². The number of amides is 1. The summed E-state index contributed by atoms with van der Waals surface area (Å²) in [5.74, 6) is -0.411. The van der Waals surface area contributed by atoms with E-state index in [0.29, 0.717) is 12.1 Å². The highest BCUT2D eigenvalue weighted by Gasteiger charge is 2.09. The molecule has 126 valence electrons. The second-order valence-corrected chi connectivity index (χ2v) is 5.73. The Labute approximate surface area is 141 Å². The molecule has 2 rings (SSSR count). The third kappa shape index (κ3) is 5.43. The van der Waals surface area contributed by atoms with Gasteiger partial charge >= 0.3 is 5.97 Å². The van der Waals surface area contributed by atoms with E-state index in [-0.39, 0.29) is 24.0 Å². The van der Waals surface area contributed by atoms with Crippen LogP contribution in [0.15, 0.2) is 48.5 Å². The zero-order valence-corrected chi connectivity index (χ0v) is 13.8. The standard InChI is InChI=1S/C19H21NO4/c1-13-6-8-17(9-7-13)24-14(2)12-20-18(21)11-15-4-3-5-16(10-15)19(22)23/h3-10,14H,11-12H2,1-2H3,(H,20,21)(H,22,23). The molecule has 2 N–H and O–H groups in total. The number of carbonyl (C=O) groups is 2. The number of hydrogen-bond donors (Lipinski definition) is 2. The Morgan fingerprint density at radius 2 is 1.88 bits per heavy atom. The molecule has 0 saturated carbocycles. The SMILES string of the molecule is Cc1ccc(OC(C)CNC(=O)Cc2cccc(C(=O)O)c2)cc1. The topological polar surface area (TPSA) is 75.6 Å². The number of ether oxygens (including phenoxy) is 1. The monoisotopic (exact) mass is 327 g/mol. The van der Waals surface area contributed by atoms with E-state index in [1.807, 2.05) is 38.1 Å². The van der Waals surface area contributed by atoms with Gasteiger partial charge in [0, 0.05) is 0 Å². The van der Waals surface area contributed by atoms with Gasteiger partial charge in [-0.2, -0.15) is 0 Å². The summed E-state index contributed by atoms with van der Waals surface area (Å²) in [5.41, 5.74) is 2.00. The van der Waals surface area contributed by atoms with Gasteiger partial charge in [0.05, 0.1) is 18.5 Å². The van der Waals surface area contributed by atoms with Gasteiger partial charge in [-0.05, 0) is 43.7 Å². The van der Waals surface area contributed by atoms with Crippen LogP contribution >= 0.6 is 0 Å². The van der Waals surface area contributed by atoms with Crippen molar-refractivity contribution in [1.82, 2.24) is 5.32 Å². The zero-order chi connectivity index (χ0) is 17.5. The van der Waals surface area contributed by atoms with Crippen LogP contribution in [0.2, 0.25) is 0 Å². The maximum atomic E-state index is 12.0. The average Bonchev–Trinajstić information content (AvgIpc) is 2.55. The van der Waals surface area contributed by atoms with Gasteiger partial charge in [-0.25, -0.2) is 4.79 Å². The summed E-state index contributed by atoms with van der Waals surface area (Å²) in [6, 6.07) is 14.1. The summed E-state index contributed by atoms with van der Waals surface area (Å²) in [4.78, 5) is 22.9. The largest absolute Gasteiger partial charge is 0.489 e. The minimum atomic E-state index is -1.00. The summed E-state index contributed by atoms with van der Waals surface area (Å²) in [7, 11) is 0. The van der Waals surface area contributed by atoms with E-state index in [2.05, 4.69) is 5.32 Å². The Kier molecular flexibility index (Phi) is 5.95. The second kappa shape index (κ2) is 8.15. The lowest BCUT2D eigenvalue weighted by atomic mass is 10.1. The van der Waals surface area contributed by atoms with E-state index in [0.717, 1.165) is 11.3 Å². The summed E-state index contributed by atoms with van der Waals surface area (Å²) in [6.07, 6.45) is -0.0275. The predicted molar refractivity (Wildman–Crippen MR) is 91.4 cm³/mol. The van der Waals surface area contributed by atoms with Crippen molar-refractivity contribution in [2.24, 2.45) is 0 Å². The highest BCUT2D eigenvalue weighted by Crippen LogP contribution is 2.13. The van der Waals surface area contributed by atoms with Crippen molar-refractivity contribution in [3.05, 3.63) is 65.2 Å². The van der Waals surface area contributed by atoms with Crippen molar-refractivity contribution in [1.29, 1.82) is 0 Å². The van der Waals surface area contributed by atoms with E-state index < -0.39 is 5.97 Å². The molecule has 0 saturated heterocycles. The van der Waals surface area contributed by atoms with Gasteiger partial charge in [-0.3, -0.25) is 4.79 Å². The van der Waals surface area contributed by atoms with Crippen molar-refractivity contribution in [3.8, 4) is 5.75 Å². The number of hydrogen-bond acceptors (Lipinski definition) is 3. The van der Waals surface area contributed by atoms with Crippen molar-refractivity contribution in [3.63, 3.8) is 0 Å². The highest BCUT2D eigenvalue weighted by atomic mass is 16.5. The van der Waals surface area contributed by atoms with Crippen molar-refractivity contribution < 1.29 is 19.4 Å². The van der Waals surface area contributed by atoms with Crippen LogP contribution in [0.25, 0.3) is 0 Å². The fourth-order valence-corrected chi connectivity index (χ4v) is 2.21. The van der Waals surface area contributed by atoms with Crippen molar-refractivity contribution in [2.75, 3.05) is 6.54 Å². The number of aromatic carboxylic acids is 1. The molecule has 0 spiro atoms. The van der Waals surface area contributed by atoms with Gasteiger partial charge in [0.1, 0.15) is 11.9 Å². The predicted octanol–water partition coefficient (Wildman–Crippen LogP) is 2.82. The van der Waals surface area contributed by atoms with Gasteiger partial charge < -0.3 is 15.2 Å². The van der Waals surface area contributed by atoms with Gasteiger partial charge in [0.2, 0.25) is 5.91 Å². The first-order valence-electron chi connectivity index (χ1n) is 7.76. The number of carbonyl (C=O) groups excluding carboxylic acids is 1. The molecule has 2 aromatic rings. The Hall–Kier alpha value is -2.82. The molecule has 0 radical (unpaired) electrons. The fraction of sp³-hybridized carbons (Fsp3) is 0.263. The minimum absolute atomic E-state index is 0.137. The molecule has 2 aromatic carbocycles. The lowest BCUT2D eigenvalue weighted by Gasteiger charge is -2.15. The van der Waals surface area contributed by atoms with Gasteiger partial charge in [0.15, 0.2) is 0 Å². The molecular formula is C19H21NO4. The summed E-state index contributed by atoms with van der Waals surface area (Å²) < 4.78 is 5.73. The molecule has 1 atom stereocenters. The molecule has 0 aliphatic rings. The first-order valence-corrected chi connectivity index (χ1v) is 7.76. The Morgan fingerprint density at radius 3 is 2.54 bits per heavy atom. The first kappa shape index (κ1) is 17.5. The van der Waals surface area contributed by atoms with Gasteiger partial charge in [-0.1, -0.05) is 29.8 Å². The smallest absolute Gasteiger partial charge is 0.335 e. The van der Waals surface area contributed by atoms with Crippen molar-refractivity contribution in [2.45, 2.75) is 26.4 Å². The van der Waals surface area contributed by atoms with Crippen LogP contribution in [0.3, 0.4) is 0 Å². The average molecular weight is 327 g/mol. The number of rotatable bonds is 7. The minimum Gasteiger partial charge on any atom is -0.489 e. The third-order valence-corrected chi connectivity index (χ3v) is 3.48. The Bertz CT molecular complexity index is 710. The van der Waals surface area contributed by atoms with Crippen LogP contribution in [0.1, 0.15) is 28.4 Å². The lowest BCUT2D eigenvalue weighted by molar-refractivity contribution is -0.120. The van der Waals surface area contributed by atoms with E-state index in [1.54, 1.807) is 12.1 Å². The van der Waals surface area contributed by atoms with Crippen LogP contribution in [0.5, 0.6) is 5.75 Å². The summed E-state index contributed by atoms with van der Waals surface area (Å²) in [6.45, 7) is 4.27. The zero-order valence-electron chi connectivity index (χ0n) is 13.8. The van der Waals surface area contributed by atoms with Crippen LogP contribution in [0.4, 0.5) is 0 Å². The molecule has 0 fully saturated rings.